The minimum atomic E-state index is 0.232. The van der Waals surface area contributed by atoms with Gasteiger partial charge in [0.15, 0.2) is 5.82 Å². The minimum Gasteiger partial charge on any atom is -0.507 e. The Bertz CT molecular complexity index is 870. The Morgan fingerprint density at radius 2 is 1.97 bits per heavy atom. The first-order valence-electron chi connectivity index (χ1n) is 10.6. The molecule has 5 rings (SSSR count). The fourth-order valence-electron chi connectivity index (χ4n) is 4.79. The van der Waals surface area contributed by atoms with Crippen molar-refractivity contribution in [2.45, 2.75) is 24.9 Å². The highest BCUT2D eigenvalue weighted by Crippen LogP contribution is 2.36. The van der Waals surface area contributed by atoms with E-state index in [0.717, 1.165) is 50.8 Å². The second-order valence-electron chi connectivity index (χ2n) is 8.18. The molecule has 0 aliphatic carbocycles. The number of hydrogen-bond donors (Lipinski definition) is 3. The smallest absolute Gasteiger partial charge is 0.172 e. The lowest BCUT2D eigenvalue weighted by Crippen LogP contribution is -2.63. The summed E-state index contributed by atoms with van der Waals surface area (Å²) in [6.45, 7) is 6.06. The second-order valence-corrected chi connectivity index (χ2v) is 8.18. The van der Waals surface area contributed by atoms with E-state index in [9.17, 15) is 5.11 Å². The molecule has 154 valence electrons. The van der Waals surface area contributed by atoms with Crippen molar-refractivity contribution in [1.29, 1.82) is 0 Å². The van der Waals surface area contributed by atoms with Crippen LogP contribution in [0, 0.1) is 0 Å². The molecule has 0 amide bonds. The number of aromatic nitrogens is 2. The summed E-state index contributed by atoms with van der Waals surface area (Å²) in [5.74, 6) is 1.07. The van der Waals surface area contributed by atoms with Gasteiger partial charge in [-0.25, -0.2) is 10.0 Å². The van der Waals surface area contributed by atoms with Crippen LogP contribution >= 0.6 is 0 Å². The molecule has 3 aliphatic rings. The van der Waals surface area contributed by atoms with Gasteiger partial charge in [-0.1, -0.05) is 12.1 Å². The second kappa shape index (κ2) is 7.78. The van der Waals surface area contributed by atoms with Crippen LogP contribution in [0.2, 0.25) is 0 Å². The summed E-state index contributed by atoms with van der Waals surface area (Å²) in [5, 5.41) is 30.9. The highest BCUT2D eigenvalue weighted by atomic mass is 16.3. The topological polar surface area (TPSA) is 79.8 Å². The Morgan fingerprint density at radius 1 is 1.14 bits per heavy atom. The van der Waals surface area contributed by atoms with Gasteiger partial charge in [0.25, 0.3) is 0 Å². The van der Waals surface area contributed by atoms with Crippen LogP contribution in [-0.4, -0.2) is 83.7 Å². The number of hydrazine groups is 1. The largest absolute Gasteiger partial charge is 0.507 e. The Morgan fingerprint density at radius 3 is 2.79 bits per heavy atom. The molecule has 1 aromatic carbocycles. The van der Waals surface area contributed by atoms with Crippen LogP contribution in [0.5, 0.6) is 5.75 Å². The molecule has 3 aliphatic heterocycles. The third-order valence-electron chi connectivity index (χ3n) is 6.51. The molecule has 29 heavy (non-hydrogen) atoms. The van der Waals surface area contributed by atoms with Gasteiger partial charge in [0, 0.05) is 44.8 Å². The number of aromatic hydroxyl groups is 1. The van der Waals surface area contributed by atoms with Crippen molar-refractivity contribution in [2.24, 2.45) is 0 Å². The highest BCUT2D eigenvalue weighted by molar-refractivity contribution is 5.76. The van der Waals surface area contributed by atoms with Crippen LogP contribution in [0.15, 0.2) is 30.3 Å². The summed E-state index contributed by atoms with van der Waals surface area (Å²) in [6, 6.07) is 10.4. The van der Waals surface area contributed by atoms with Gasteiger partial charge in [0.2, 0.25) is 0 Å². The van der Waals surface area contributed by atoms with E-state index in [-0.39, 0.29) is 5.75 Å². The van der Waals surface area contributed by atoms with Crippen molar-refractivity contribution in [3.63, 3.8) is 0 Å². The van der Waals surface area contributed by atoms with E-state index in [0.29, 0.717) is 23.3 Å². The van der Waals surface area contributed by atoms with Gasteiger partial charge in [-0.3, -0.25) is 0 Å². The van der Waals surface area contributed by atoms with Gasteiger partial charge in [-0.05, 0) is 44.1 Å². The number of nitrogens with one attached hydrogen (secondary N) is 2. The molecule has 4 heterocycles. The standard InChI is InChI=1S/C21H29N7O/c1-26(15-6-8-22-9-7-15)27-10-11-28-16(14-27)13-23-21-19(28)12-18(24-25-21)17-4-2-3-5-20(17)29/h2-5,12,15-16,22,29H,6-11,13-14H2,1H3,(H,23,25). The van der Waals surface area contributed by atoms with Crippen LogP contribution in [0.4, 0.5) is 11.5 Å². The van der Waals surface area contributed by atoms with Crippen molar-refractivity contribution in [3.05, 3.63) is 30.3 Å². The average molecular weight is 396 g/mol. The average Bonchev–Trinajstić information content (AvgIpc) is 2.78. The first-order valence-corrected chi connectivity index (χ1v) is 10.6. The van der Waals surface area contributed by atoms with Gasteiger partial charge >= 0.3 is 0 Å². The quantitative estimate of drug-likeness (QED) is 0.719. The van der Waals surface area contributed by atoms with Crippen LogP contribution in [0.25, 0.3) is 11.3 Å². The summed E-state index contributed by atoms with van der Waals surface area (Å²) in [5.41, 5.74) is 2.51. The van der Waals surface area contributed by atoms with Gasteiger partial charge in [0.05, 0.1) is 17.4 Å². The molecular formula is C21H29N7O. The number of piperazine rings is 1. The van der Waals surface area contributed by atoms with Crippen molar-refractivity contribution in [2.75, 3.05) is 56.5 Å². The van der Waals surface area contributed by atoms with E-state index >= 15 is 0 Å². The predicted molar refractivity (Wildman–Crippen MR) is 114 cm³/mol. The normalized spacial score (nSPS) is 22.8. The molecule has 1 atom stereocenters. The lowest BCUT2D eigenvalue weighted by atomic mass is 10.0. The first kappa shape index (κ1) is 18.6. The number of phenols is 1. The monoisotopic (exact) mass is 395 g/mol. The SMILES string of the molecule is CN(C1CCNCC1)N1CCN2c3cc(-c4ccccc4O)nnc3NCC2C1. The van der Waals surface area contributed by atoms with E-state index < -0.39 is 0 Å². The molecular weight excluding hydrogens is 366 g/mol. The fraction of sp³-hybridized carbons (Fsp3) is 0.524. The van der Waals surface area contributed by atoms with Crippen LogP contribution in [0.3, 0.4) is 0 Å². The van der Waals surface area contributed by atoms with Gasteiger partial charge in [-0.2, -0.15) is 0 Å². The maximum Gasteiger partial charge on any atom is 0.172 e. The molecule has 2 aromatic rings. The zero-order valence-electron chi connectivity index (χ0n) is 16.9. The van der Waals surface area contributed by atoms with Crippen LogP contribution in [0.1, 0.15) is 12.8 Å². The predicted octanol–water partition coefficient (Wildman–Crippen LogP) is 1.36. The number of phenolic OH excluding ortho intramolecular Hbond substituents is 1. The van der Waals surface area contributed by atoms with E-state index in [1.165, 1.54) is 12.8 Å². The first-order chi connectivity index (χ1) is 14.2. The van der Waals surface area contributed by atoms with Crippen molar-refractivity contribution in [1.82, 2.24) is 25.5 Å². The number of rotatable bonds is 3. The van der Waals surface area contributed by atoms with E-state index in [4.69, 9.17) is 0 Å². The van der Waals surface area contributed by atoms with E-state index in [1.807, 2.05) is 18.2 Å². The number of para-hydroxylation sites is 1. The molecule has 1 aromatic heterocycles. The molecule has 0 spiro atoms. The van der Waals surface area contributed by atoms with Crippen molar-refractivity contribution in [3.8, 4) is 17.0 Å². The fourth-order valence-corrected chi connectivity index (χ4v) is 4.79. The Hall–Kier alpha value is -2.42. The van der Waals surface area contributed by atoms with E-state index in [2.05, 4.69) is 48.9 Å². The number of nitrogens with zero attached hydrogens (tertiary/aromatic N) is 5. The number of hydrogen-bond acceptors (Lipinski definition) is 8. The number of fused-ring (bicyclic) bond motifs is 3. The number of anilines is 2. The Balaban J connectivity index is 1.35. The summed E-state index contributed by atoms with van der Waals surface area (Å²) in [6.07, 6.45) is 2.42. The number of benzene rings is 1. The van der Waals surface area contributed by atoms with Gasteiger partial charge < -0.3 is 20.6 Å². The van der Waals surface area contributed by atoms with Crippen molar-refractivity contribution < 1.29 is 5.11 Å². The highest BCUT2D eigenvalue weighted by Gasteiger charge is 2.35. The maximum atomic E-state index is 10.2. The minimum absolute atomic E-state index is 0.232. The summed E-state index contributed by atoms with van der Waals surface area (Å²) in [4.78, 5) is 2.46. The van der Waals surface area contributed by atoms with E-state index in [1.54, 1.807) is 6.07 Å². The molecule has 2 fully saturated rings. The van der Waals surface area contributed by atoms with Crippen LogP contribution in [-0.2, 0) is 0 Å². The summed E-state index contributed by atoms with van der Waals surface area (Å²) < 4.78 is 0. The number of piperidine rings is 1. The van der Waals surface area contributed by atoms with Gasteiger partial charge in [-0.15, -0.1) is 10.2 Å². The lowest BCUT2D eigenvalue weighted by Gasteiger charge is -2.49. The molecule has 8 nitrogen and oxygen atoms in total. The molecule has 8 heteroatoms. The molecule has 2 saturated heterocycles. The maximum absolute atomic E-state index is 10.2. The van der Waals surface area contributed by atoms with Crippen molar-refractivity contribution >= 4 is 11.5 Å². The molecule has 0 radical (unpaired) electrons. The molecule has 3 N–H and O–H groups in total. The zero-order chi connectivity index (χ0) is 19.8. The summed E-state index contributed by atoms with van der Waals surface area (Å²) >= 11 is 0. The molecule has 0 bridgehead atoms. The van der Waals surface area contributed by atoms with Gasteiger partial charge in [0.1, 0.15) is 5.75 Å². The lowest BCUT2D eigenvalue weighted by molar-refractivity contribution is -0.0573. The zero-order valence-corrected chi connectivity index (χ0v) is 16.9. The molecule has 0 saturated carbocycles. The Labute approximate surface area is 171 Å². The third-order valence-corrected chi connectivity index (χ3v) is 6.51. The third kappa shape index (κ3) is 3.52. The molecule has 1 unspecified atom stereocenters. The Kier molecular flexibility index (Phi) is 4.99. The van der Waals surface area contributed by atoms with Crippen LogP contribution < -0.4 is 15.5 Å². The summed E-state index contributed by atoms with van der Waals surface area (Å²) in [7, 11) is 2.25.